The number of nitriles is 1. The van der Waals surface area contributed by atoms with Crippen molar-refractivity contribution in [2.75, 3.05) is 6.61 Å². The van der Waals surface area contributed by atoms with Gasteiger partial charge in [0.05, 0.1) is 24.3 Å². The largest absolute Gasteiger partial charge is 0.449 e. The highest BCUT2D eigenvalue weighted by atomic mass is 16.5. The van der Waals surface area contributed by atoms with Crippen molar-refractivity contribution in [3.8, 4) is 6.07 Å². The summed E-state index contributed by atoms with van der Waals surface area (Å²) < 4.78 is 4.77. The van der Waals surface area contributed by atoms with Crippen molar-refractivity contribution < 1.29 is 9.53 Å². The summed E-state index contributed by atoms with van der Waals surface area (Å²) in [6.07, 6.45) is 0.281. The van der Waals surface area contributed by atoms with Gasteiger partial charge in [-0.25, -0.2) is 4.79 Å². The zero-order valence-corrected chi connectivity index (χ0v) is 8.06. The summed E-state index contributed by atoms with van der Waals surface area (Å²) in [6, 6.07) is 9.28. The molecule has 76 valence electrons. The van der Waals surface area contributed by atoms with E-state index in [-0.39, 0.29) is 6.04 Å². The first-order valence-corrected chi connectivity index (χ1v) is 4.73. The number of nitrogens with one attached hydrogen (secondary N) is 1. The van der Waals surface area contributed by atoms with Crippen LogP contribution in [0.4, 0.5) is 4.79 Å². The highest BCUT2D eigenvalue weighted by molar-refractivity contribution is 5.69. The lowest BCUT2D eigenvalue weighted by Crippen LogP contribution is -2.35. The van der Waals surface area contributed by atoms with Gasteiger partial charge in [0.15, 0.2) is 0 Å². The quantitative estimate of drug-likeness (QED) is 0.754. The van der Waals surface area contributed by atoms with E-state index in [9.17, 15) is 4.79 Å². The average Bonchev–Trinajstić information content (AvgIpc) is 2.29. The second kappa shape index (κ2) is 4.01. The first kappa shape index (κ1) is 9.53. The van der Waals surface area contributed by atoms with Gasteiger partial charge in [-0.1, -0.05) is 18.2 Å². The van der Waals surface area contributed by atoms with Crippen LogP contribution >= 0.6 is 0 Å². The van der Waals surface area contributed by atoms with E-state index in [2.05, 4.69) is 11.4 Å². The first-order valence-electron chi connectivity index (χ1n) is 4.73. The molecule has 0 bridgehead atoms. The third-order valence-corrected chi connectivity index (χ3v) is 2.39. The highest BCUT2D eigenvalue weighted by Gasteiger charge is 2.22. The van der Waals surface area contributed by atoms with Gasteiger partial charge in [-0.15, -0.1) is 0 Å². The third-order valence-electron chi connectivity index (χ3n) is 2.39. The van der Waals surface area contributed by atoms with Gasteiger partial charge in [0.25, 0.3) is 0 Å². The fourth-order valence-corrected chi connectivity index (χ4v) is 1.66. The van der Waals surface area contributed by atoms with E-state index in [0.717, 1.165) is 5.56 Å². The van der Waals surface area contributed by atoms with E-state index in [1.807, 2.05) is 18.2 Å². The maximum Gasteiger partial charge on any atom is 0.407 e. The lowest BCUT2D eigenvalue weighted by atomic mass is 9.98. The molecule has 0 aliphatic carbocycles. The smallest absolute Gasteiger partial charge is 0.407 e. The predicted molar refractivity (Wildman–Crippen MR) is 53.0 cm³/mol. The molecule has 1 heterocycles. The molecular weight excluding hydrogens is 192 g/mol. The number of rotatable bonds is 1. The number of benzene rings is 1. The zero-order chi connectivity index (χ0) is 10.7. The molecule has 0 aromatic heterocycles. The van der Waals surface area contributed by atoms with Gasteiger partial charge >= 0.3 is 6.09 Å². The van der Waals surface area contributed by atoms with Crippen LogP contribution in [0.25, 0.3) is 0 Å². The van der Waals surface area contributed by atoms with E-state index >= 15 is 0 Å². The summed E-state index contributed by atoms with van der Waals surface area (Å²) >= 11 is 0. The van der Waals surface area contributed by atoms with E-state index in [1.165, 1.54) is 0 Å². The van der Waals surface area contributed by atoms with E-state index < -0.39 is 6.09 Å². The number of amides is 1. The van der Waals surface area contributed by atoms with Crippen LogP contribution in [-0.2, 0) is 4.74 Å². The number of hydrogen-bond acceptors (Lipinski definition) is 3. The molecule has 1 N–H and O–H groups in total. The van der Waals surface area contributed by atoms with Gasteiger partial charge in [-0.05, 0) is 11.6 Å². The first-order chi connectivity index (χ1) is 7.31. The molecule has 1 amide bonds. The Kier molecular flexibility index (Phi) is 2.55. The van der Waals surface area contributed by atoms with Crippen LogP contribution in [0.3, 0.4) is 0 Å². The molecule has 1 aromatic rings. The number of alkyl carbamates (subject to hydrolysis) is 1. The van der Waals surface area contributed by atoms with Gasteiger partial charge in [-0.2, -0.15) is 5.26 Å². The Balaban J connectivity index is 2.29. The third kappa shape index (κ3) is 1.91. The maximum absolute atomic E-state index is 11.0. The predicted octanol–water partition coefficient (Wildman–Crippen LogP) is 1.73. The molecule has 1 aliphatic rings. The molecule has 1 atom stereocenters. The van der Waals surface area contributed by atoms with Crippen LogP contribution < -0.4 is 5.32 Å². The van der Waals surface area contributed by atoms with Gasteiger partial charge in [0, 0.05) is 6.42 Å². The Hall–Kier alpha value is -2.02. The fraction of sp³-hybridized carbons (Fsp3) is 0.273. The van der Waals surface area contributed by atoms with Gasteiger partial charge in [0.2, 0.25) is 0 Å². The Labute approximate surface area is 87.5 Å². The van der Waals surface area contributed by atoms with Crippen molar-refractivity contribution in [3.63, 3.8) is 0 Å². The van der Waals surface area contributed by atoms with Crippen molar-refractivity contribution >= 4 is 6.09 Å². The second-order valence-electron chi connectivity index (χ2n) is 3.32. The Bertz CT molecular complexity index is 423. The minimum Gasteiger partial charge on any atom is -0.449 e. The topological polar surface area (TPSA) is 62.1 Å². The summed E-state index contributed by atoms with van der Waals surface area (Å²) in [5.74, 6) is 0. The second-order valence-corrected chi connectivity index (χ2v) is 3.32. The molecule has 0 saturated carbocycles. The van der Waals surface area contributed by atoms with Gasteiger partial charge in [0.1, 0.15) is 0 Å². The van der Waals surface area contributed by atoms with Crippen molar-refractivity contribution in [1.82, 2.24) is 5.32 Å². The van der Waals surface area contributed by atoms with Crippen molar-refractivity contribution in [2.24, 2.45) is 0 Å². The van der Waals surface area contributed by atoms with E-state index in [4.69, 9.17) is 10.00 Å². The molecule has 1 fully saturated rings. The molecule has 1 aliphatic heterocycles. The number of carbonyl (C=O) groups excluding carboxylic acids is 1. The number of ether oxygens (including phenoxy) is 1. The highest BCUT2D eigenvalue weighted by Crippen LogP contribution is 2.22. The van der Waals surface area contributed by atoms with Crippen LogP contribution in [0, 0.1) is 11.3 Å². The molecule has 1 saturated heterocycles. The molecule has 0 spiro atoms. The molecule has 1 aromatic carbocycles. The van der Waals surface area contributed by atoms with Gasteiger partial charge < -0.3 is 10.1 Å². The summed E-state index contributed by atoms with van der Waals surface area (Å²) in [5, 5.41) is 11.6. The minimum atomic E-state index is -0.418. The Morgan fingerprint density at radius 3 is 3.00 bits per heavy atom. The molecular formula is C11H10N2O2. The molecule has 2 rings (SSSR count). The van der Waals surface area contributed by atoms with E-state index in [1.54, 1.807) is 6.07 Å². The summed E-state index contributed by atoms with van der Waals surface area (Å²) in [4.78, 5) is 11.0. The molecule has 0 unspecified atom stereocenters. The molecule has 4 heteroatoms. The van der Waals surface area contributed by atoms with Crippen LogP contribution in [0.2, 0.25) is 0 Å². The minimum absolute atomic E-state index is 0.109. The van der Waals surface area contributed by atoms with Crippen molar-refractivity contribution in [3.05, 3.63) is 35.4 Å². The normalized spacial score (nSPS) is 19.9. The molecule has 0 radical (unpaired) electrons. The maximum atomic E-state index is 11.0. The SMILES string of the molecule is N#Cc1ccccc1[C@@H]1CCOC(=O)N1. The van der Waals surface area contributed by atoms with E-state index in [0.29, 0.717) is 18.6 Å². The number of nitrogens with zero attached hydrogens (tertiary/aromatic N) is 1. The summed E-state index contributed by atoms with van der Waals surface area (Å²) in [7, 11) is 0. The molecule has 15 heavy (non-hydrogen) atoms. The van der Waals surface area contributed by atoms with Crippen LogP contribution in [0.5, 0.6) is 0 Å². The lowest BCUT2D eigenvalue weighted by molar-refractivity contribution is 0.115. The van der Waals surface area contributed by atoms with Crippen LogP contribution in [-0.4, -0.2) is 12.7 Å². The zero-order valence-electron chi connectivity index (χ0n) is 8.06. The summed E-state index contributed by atoms with van der Waals surface area (Å²) in [5.41, 5.74) is 1.46. The van der Waals surface area contributed by atoms with Gasteiger partial charge in [-0.3, -0.25) is 0 Å². The van der Waals surface area contributed by atoms with Crippen LogP contribution in [0.15, 0.2) is 24.3 Å². The van der Waals surface area contributed by atoms with Crippen molar-refractivity contribution in [2.45, 2.75) is 12.5 Å². The lowest BCUT2D eigenvalue weighted by Gasteiger charge is -2.24. The standard InChI is InChI=1S/C11H10N2O2/c12-7-8-3-1-2-4-9(8)10-5-6-15-11(14)13-10/h1-4,10H,5-6H2,(H,13,14)/t10-/m0/s1. The summed E-state index contributed by atoms with van der Waals surface area (Å²) in [6.45, 7) is 0.399. The number of carbonyl (C=O) groups is 1. The number of cyclic esters (lactones) is 1. The van der Waals surface area contributed by atoms with Crippen molar-refractivity contribution in [1.29, 1.82) is 5.26 Å². The average molecular weight is 202 g/mol. The van der Waals surface area contributed by atoms with Crippen LogP contribution in [0.1, 0.15) is 23.6 Å². The monoisotopic (exact) mass is 202 g/mol. The fourth-order valence-electron chi connectivity index (χ4n) is 1.66. The Morgan fingerprint density at radius 2 is 2.27 bits per heavy atom. The molecule has 4 nitrogen and oxygen atoms in total. The number of hydrogen-bond donors (Lipinski definition) is 1. The Morgan fingerprint density at radius 1 is 1.47 bits per heavy atom.